The number of pyridine rings is 1. The van der Waals surface area contributed by atoms with E-state index in [1.165, 1.54) is 29.3 Å². The molecule has 4 aliphatic rings. The van der Waals surface area contributed by atoms with Crippen LogP contribution in [-0.2, 0) is 35.3 Å². The summed E-state index contributed by atoms with van der Waals surface area (Å²) in [7, 11) is -3.95. The molecule has 2 aromatic rings. The monoisotopic (exact) mass is 763 g/mol. The molecular formula is C36H44F3N5O8S. The number of benzene rings is 1. The topological polar surface area (TPSA) is 173 Å². The average Bonchev–Trinajstić information content (AvgIpc) is 3.99. The minimum atomic E-state index is -4.68. The summed E-state index contributed by atoms with van der Waals surface area (Å²) in [5.41, 5.74) is -3.74. The van der Waals surface area contributed by atoms with Crippen molar-refractivity contribution in [3.05, 3.63) is 48.2 Å². The van der Waals surface area contributed by atoms with E-state index in [1.54, 1.807) is 26.8 Å². The number of fused-ring (bicyclic) bond motifs is 3. The molecule has 4 amide bonds. The molecule has 6 rings (SSSR count). The van der Waals surface area contributed by atoms with E-state index in [4.69, 9.17) is 9.47 Å². The van der Waals surface area contributed by atoms with Crippen molar-refractivity contribution in [3.63, 3.8) is 0 Å². The fourth-order valence-electron chi connectivity index (χ4n) is 6.96. The number of nitrogens with one attached hydrogen (secondary N) is 3. The maximum absolute atomic E-state index is 14.4. The molecule has 1 unspecified atom stereocenters. The number of ether oxygens (including phenoxy) is 2. The van der Waals surface area contributed by atoms with Gasteiger partial charge in [0.25, 0.3) is 5.91 Å². The number of rotatable bonds is 6. The maximum Gasteiger partial charge on any atom is 0.418 e. The quantitative estimate of drug-likeness (QED) is 0.358. The lowest BCUT2D eigenvalue weighted by atomic mass is 10.0. The summed E-state index contributed by atoms with van der Waals surface area (Å²) in [5, 5.41) is 4.82. The molecule has 53 heavy (non-hydrogen) atoms. The van der Waals surface area contributed by atoms with E-state index < -0.39 is 86.1 Å². The number of sulfonamides is 1. The van der Waals surface area contributed by atoms with Gasteiger partial charge in [0.2, 0.25) is 21.8 Å². The van der Waals surface area contributed by atoms with Gasteiger partial charge < -0.3 is 25.0 Å². The molecule has 3 N–H and O–H groups in total. The molecule has 5 atom stereocenters. The van der Waals surface area contributed by atoms with E-state index in [9.17, 15) is 40.8 Å². The Bertz CT molecular complexity index is 1910. The third-order valence-corrected chi connectivity index (χ3v) is 11.7. The van der Waals surface area contributed by atoms with E-state index in [-0.39, 0.29) is 42.5 Å². The molecule has 0 bridgehead atoms. The first-order valence-electron chi connectivity index (χ1n) is 17.8. The van der Waals surface area contributed by atoms with Crippen LogP contribution in [0.3, 0.4) is 0 Å². The standard InChI is InChI=1S/C36H44F3N5O8S/c1-34(2,3)52-33(48)41-26-13-8-6-4-5-7-10-21-19-35(21,32(47)43-53(49,50)23-14-15-23)42-30(45)27-18-22(20-44(27)31(26)46)51-28-16-17-40-29-24(28)11-9-12-25(29)36(37,38)39/h7,9-12,16-17,21-23,26-27H,4-6,8,13-15,18-20H2,1-3H3,(H,41,48)(H,42,45)(H,43,47)/b10-7-/t21?,22-,26+,27+,35-/m1/s1. The number of allylic oxidation sites excluding steroid dienone is 1. The van der Waals surface area contributed by atoms with Crippen molar-refractivity contribution in [1.29, 1.82) is 0 Å². The maximum atomic E-state index is 14.4. The second kappa shape index (κ2) is 14.4. The van der Waals surface area contributed by atoms with Crippen molar-refractivity contribution in [2.75, 3.05) is 6.54 Å². The third kappa shape index (κ3) is 8.71. The molecule has 2 saturated carbocycles. The van der Waals surface area contributed by atoms with E-state index >= 15 is 0 Å². The normalized spacial score (nSPS) is 27.7. The second-order valence-corrected chi connectivity index (χ2v) is 17.2. The molecule has 17 heteroatoms. The van der Waals surface area contributed by atoms with Gasteiger partial charge >= 0.3 is 12.3 Å². The summed E-state index contributed by atoms with van der Waals surface area (Å²) in [5.74, 6) is -2.68. The zero-order valence-electron chi connectivity index (χ0n) is 29.7. The number of carbonyl (C=O) groups is 4. The van der Waals surface area contributed by atoms with Crippen molar-refractivity contribution in [3.8, 4) is 5.75 Å². The minimum Gasteiger partial charge on any atom is -0.488 e. The molecular weight excluding hydrogens is 719 g/mol. The lowest BCUT2D eigenvalue weighted by molar-refractivity contribution is -0.141. The van der Waals surface area contributed by atoms with Crippen molar-refractivity contribution in [2.45, 2.75) is 119 Å². The van der Waals surface area contributed by atoms with Crippen molar-refractivity contribution in [1.82, 2.24) is 25.2 Å². The number of halogens is 3. The number of amides is 4. The molecule has 1 saturated heterocycles. The summed E-state index contributed by atoms with van der Waals surface area (Å²) < 4.78 is 80.8. The number of hydrogen-bond acceptors (Lipinski definition) is 9. The van der Waals surface area contributed by atoms with Crippen molar-refractivity contribution < 1.29 is 50.2 Å². The summed E-state index contributed by atoms with van der Waals surface area (Å²) in [4.78, 5) is 60.3. The highest BCUT2D eigenvalue weighted by Gasteiger charge is 2.62. The molecule has 2 aliphatic carbocycles. The summed E-state index contributed by atoms with van der Waals surface area (Å²) in [6, 6.07) is 2.61. The number of aromatic nitrogens is 1. The first kappa shape index (κ1) is 38.3. The fourth-order valence-corrected chi connectivity index (χ4v) is 8.32. The lowest BCUT2D eigenvalue weighted by Crippen LogP contribution is -2.58. The largest absolute Gasteiger partial charge is 0.488 e. The Balaban J connectivity index is 1.32. The zero-order valence-corrected chi connectivity index (χ0v) is 30.5. The van der Waals surface area contributed by atoms with E-state index in [1.807, 2.05) is 6.08 Å². The van der Waals surface area contributed by atoms with Crippen LogP contribution in [-0.4, -0.2) is 83.2 Å². The Morgan fingerprint density at radius 2 is 1.81 bits per heavy atom. The van der Waals surface area contributed by atoms with Crippen LogP contribution in [0, 0.1) is 5.92 Å². The predicted octanol–water partition coefficient (Wildman–Crippen LogP) is 4.50. The summed E-state index contributed by atoms with van der Waals surface area (Å²) in [6.45, 7) is 4.84. The summed E-state index contributed by atoms with van der Waals surface area (Å²) in [6.07, 6.45) is 2.13. The van der Waals surface area contributed by atoms with Gasteiger partial charge in [-0.2, -0.15) is 13.2 Å². The number of para-hydroxylation sites is 1. The Labute approximate surface area is 305 Å². The van der Waals surface area contributed by atoms with Gasteiger partial charge in [0.05, 0.1) is 22.9 Å². The molecule has 1 aromatic carbocycles. The van der Waals surface area contributed by atoms with E-state index in [2.05, 4.69) is 20.3 Å². The summed E-state index contributed by atoms with van der Waals surface area (Å²) >= 11 is 0. The van der Waals surface area contributed by atoms with Crippen LogP contribution in [0.15, 0.2) is 42.6 Å². The zero-order chi connectivity index (χ0) is 38.3. The van der Waals surface area contributed by atoms with Crippen LogP contribution < -0.4 is 20.1 Å². The van der Waals surface area contributed by atoms with E-state index in [0.717, 1.165) is 12.5 Å². The second-order valence-electron chi connectivity index (χ2n) is 15.2. The van der Waals surface area contributed by atoms with Gasteiger partial charge in [-0.05, 0) is 77.5 Å². The van der Waals surface area contributed by atoms with Gasteiger partial charge in [-0.1, -0.05) is 31.1 Å². The van der Waals surface area contributed by atoms with Crippen LogP contribution in [0.25, 0.3) is 10.9 Å². The number of carbonyl (C=O) groups excluding carboxylic acids is 4. The van der Waals surface area contributed by atoms with Crippen LogP contribution in [0.1, 0.15) is 84.1 Å². The van der Waals surface area contributed by atoms with Crippen molar-refractivity contribution >= 4 is 44.7 Å². The van der Waals surface area contributed by atoms with Gasteiger partial charge in [0.1, 0.15) is 35.1 Å². The SMILES string of the molecule is CC(C)(C)OC(=O)N[C@H]1CCCCC/C=C\C2C[C@@]2(C(=O)NS(=O)(=O)C2CC2)NC(=O)[C@@H]2C[C@@H](Oc3ccnc4c(C(F)(F)F)cccc34)CN2C1=O. The molecule has 1 aromatic heterocycles. The van der Waals surface area contributed by atoms with Gasteiger partial charge in [-0.3, -0.25) is 24.1 Å². The van der Waals surface area contributed by atoms with Gasteiger partial charge in [0, 0.05) is 23.9 Å². The molecule has 2 aliphatic heterocycles. The highest BCUT2D eigenvalue weighted by atomic mass is 32.2. The molecule has 13 nitrogen and oxygen atoms in total. The molecule has 3 fully saturated rings. The van der Waals surface area contributed by atoms with Crippen LogP contribution in [0.2, 0.25) is 0 Å². The van der Waals surface area contributed by atoms with Crippen molar-refractivity contribution in [2.24, 2.45) is 5.92 Å². The smallest absolute Gasteiger partial charge is 0.418 e. The van der Waals surface area contributed by atoms with Crippen LogP contribution in [0.5, 0.6) is 5.75 Å². The fraction of sp³-hybridized carbons (Fsp3) is 0.583. The van der Waals surface area contributed by atoms with Gasteiger partial charge in [-0.15, -0.1) is 0 Å². The predicted molar refractivity (Wildman–Crippen MR) is 186 cm³/mol. The number of alkyl carbamates (subject to hydrolysis) is 1. The first-order valence-corrected chi connectivity index (χ1v) is 19.4. The van der Waals surface area contributed by atoms with Crippen LogP contribution >= 0.6 is 0 Å². The Morgan fingerprint density at radius 3 is 2.51 bits per heavy atom. The Kier molecular flexibility index (Phi) is 10.4. The Morgan fingerprint density at radius 1 is 1.06 bits per heavy atom. The van der Waals surface area contributed by atoms with E-state index in [0.29, 0.717) is 32.1 Å². The van der Waals surface area contributed by atoms with Crippen LogP contribution in [0.4, 0.5) is 18.0 Å². The Hall–Kier alpha value is -4.41. The average molecular weight is 764 g/mol. The highest BCUT2D eigenvalue weighted by Crippen LogP contribution is 2.46. The highest BCUT2D eigenvalue weighted by molar-refractivity contribution is 7.91. The molecule has 3 heterocycles. The first-order chi connectivity index (χ1) is 24.9. The number of hydrogen-bond donors (Lipinski definition) is 3. The number of alkyl halides is 3. The number of nitrogens with zero attached hydrogens (tertiary/aromatic N) is 2. The lowest BCUT2D eigenvalue weighted by Gasteiger charge is -2.30. The minimum absolute atomic E-state index is 0.0543. The molecule has 288 valence electrons. The molecule has 0 spiro atoms. The van der Waals surface area contributed by atoms with Gasteiger partial charge in [-0.25, -0.2) is 13.2 Å². The third-order valence-electron chi connectivity index (χ3n) is 9.86. The van der Waals surface area contributed by atoms with Gasteiger partial charge in [0.15, 0.2) is 0 Å². The molecule has 0 radical (unpaired) electrons.